The molecule has 2 aromatic heterocycles. The first-order valence-electron chi connectivity index (χ1n) is 7.56. The predicted molar refractivity (Wildman–Crippen MR) is 85.0 cm³/mol. The fourth-order valence-corrected chi connectivity index (χ4v) is 2.96. The van der Waals surface area contributed by atoms with Crippen LogP contribution in [0.3, 0.4) is 0 Å². The molecule has 3 rings (SSSR count). The summed E-state index contributed by atoms with van der Waals surface area (Å²) in [6, 6.07) is 3.97. The Morgan fingerprint density at radius 3 is 2.95 bits per heavy atom. The van der Waals surface area contributed by atoms with E-state index in [1.807, 2.05) is 48.6 Å². The van der Waals surface area contributed by atoms with Crippen LogP contribution in [0.25, 0.3) is 0 Å². The van der Waals surface area contributed by atoms with Crippen molar-refractivity contribution in [3.8, 4) is 0 Å². The van der Waals surface area contributed by atoms with Crippen LogP contribution in [0.5, 0.6) is 0 Å². The Morgan fingerprint density at radius 2 is 2.23 bits per heavy atom. The largest absolute Gasteiger partial charge is 0.362 e. The third kappa shape index (κ3) is 2.81. The molecule has 116 valence electrons. The van der Waals surface area contributed by atoms with E-state index in [9.17, 15) is 4.79 Å². The first kappa shape index (κ1) is 14.6. The van der Waals surface area contributed by atoms with E-state index in [0.29, 0.717) is 11.6 Å². The third-order valence-electron chi connectivity index (χ3n) is 4.07. The molecular weight excluding hydrogens is 278 g/mol. The van der Waals surface area contributed by atoms with E-state index in [0.717, 1.165) is 31.7 Å². The number of hydrogen-bond acceptors (Lipinski definition) is 4. The maximum absolute atomic E-state index is 12.9. The number of imidazole rings is 1. The Kier molecular flexibility index (Phi) is 4.09. The number of piperidine rings is 1. The molecule has 1 amide bonds. The zero-order valence-corrected chi connectivity index (χ0v) is 13.0. The molecule has 6 heteroatoms. The molecule has 1 unspecified atom stereocenters. The standard InChI is InChI=1S/C16H21N5O/c1-19(2)15-14(6-3-7-18-15)16(22)20-9-4-5-13(11-20)21-10-8-17-12-21/h3,6-8,10,12-13H,4-5,9,11H2,1-2H3. The predicted octanol–water partition coefficient (Wildman–Crippen LogP) is 1.82. The van der Waals surface area contributed by atoms with Gasteiger partial charge in [-0.2, -0.15) is 0 Å². The number of carbonyl (C=O) groups excluding carboxylic acids is 1. The second-order valence-corrected chi connectivity index (χ2v) is 5.83. The average molecular weight is 299 g/mol. The average Bonchev–Trinajstić information content (AvgIpc) is 3.09. The first-order chi connectivity index (χ1) is 10.7. The van der Waals surface area contributed by atoms with Gasteiger partial charge in [-0.25, -0.2) is 9.97 Å². The zero-order valence-electron chi connectivity index (χ0n) is 13.0. The van der Waals surface area contributed by atoms with Gasteiger partial charge in [-0.3, -0.25) is 4.79 Å². The Morgan fingerprint density at radius 1 is 1.36 bits per heavy atom. The monoisotopic (exact) mass is 299 g/mol. The summed E-state index contributed by atoms with van der Waals surface area (Å²) in [5.74, 6) is 0.777. The Hall–Kier alpha value is -2.37. The molecule has 0 aromatic carbocycles. The molecule has 6 nitrogen and oxygen atoms in total. The van der Waals surface area contributed by atoms with Crippen molar-refractivity contribution < 1.29 is 4.79 Å². The molecule has 0 aliphatic carbocycles. The van der Waals surface area contributed by atoms with Gasteiger partial charge in [-0.1, -0.05) is 0 Å². The normalized spacial score (nSPS) is 18.3. The van der Waals surface area contributed by atoms with E-state index in [1.165, 1.54) is 0 Å². The second-order valence-electron chi connectivity index (χ2n) is 5.83. The van der Waals surface area contributed by atoms with Crippen molar-refractivity contribution in [2.24, 2.45) is 0 Å². The van der Waals surface area contributed by atoms with Crippen molar-refractivity contribution in [1.29, 1.82) is 0 Å². The molecule has 22 heavy (non-hydrogen) atoms. The smallest absolute Gasteiger partial charge is 0.257 e. The molecule has 1 atom stereocenters. The molecule has 0 spiro atoms. The van der Waals surface area contributed by atoms with Gasteiger partial charge in [-0.05, 0) is 25.0 Å². The van der Waals surface area contributed by atoms with E-state index < -0.39 is 0 Å². The van der Waals surface area contributed by atoms with Crippen LogP contribution >= 0.6 is 0 Å². The lowest BCUT2D eigenvalue weighted by Gasteiger charge is -2.34. The first-order valence-corrected chi connectivity index (χ1v) is 7.56. The van der Waals surface area contributed by atoms with Crippen LogP contribution in [0.2, 0.25) is 0 Å². The maximum Gasteiger partial charge on any atom is 0.257 e. The van der Waals surface area contributed by atoms with Gasteiger partial charge in [-0.15, -0.1) is 0 Å². The van der Waals surface area contributed by atoms with Gasteiger partial charge in [0.25, 0.3) is 5.91 Å². The summed E-state index contributed by atoms with van der Waals surface area (Å²) in [6.07, 6.45) is 9.38. The summed E-state index contributed by atoms with van der Waals surface area (Å²) in [5, 5.41) is 0. The molecule has 0 saturated carbocycles. The molecule has 3 heterocycles. The fourth-order valence-electron chi connectivity index (χ4n) is 2.96. The van der Waals surface area contributed by atoms with Crippen molar-refractivity contribution in [3.63, 3.8) is 0 Å². The lowest BCUT2D eigenvalue weighted by atomic mass is 10.0. The van der Waals surface area contributed by atoms with Gasteiger partial charge in [0.15, 0.2) is 0 Å². The van der Waals surface area contributed by atoms with E-state index >= 15 is 0 Å². The molecule has 1 fully saturated rings. The van der Waals surface area contributed by atoms with Gasteiger partial charge in [0.1, 0.15) is 5.82 Å². The van der Waals surface area contributed by atoms with E-state index in [-0.39, 0.29) is 5.91 Å². The number of rotatable bonds is 3. The van der Waals surface area contributed by atoms with Crippen LogP contribution in [0, 0.1) is 0 Å². The Labute approximate surface area is 130 Å². The van der Waals surface area contributed by atoms with Crippen molar-refractivity contribution in [2.45, 2.75) is 18.9 Å². The van der Waals surface area contributed by atoms with E-state index in [4.69, 9.17) is 0 Å². The third-order valence-corrected chi connectivity index (χ3v) is 4.07. The van der Waals surface area contributed by atoms with E-state index in [1.54, 1.807) is 12.4 Å². The number of anilines is 1. The summed E-state index contributed by atoms with van der Waals surface area (Å²) < 4.78 is 2.09. The molecule has 0 bridgehead atoms. The number of hydrogen-bond donors (Lipinski definition) is 0. The maximum atomic E-state index is 12.9. The second kappa shape index (κ2) is 6.17. The topological polar surface area (TPSA) is 54.3 Å². The fraction of sp³-hybridized carbons (Fsp3) is 0.438. The minimum absolute atomic E-state index is 0.0571. The van der Waals surface area contributed by atoms with Gasteiger partial charge >= 0.3 is 0 Å². The number of nitrogens with zero attached hydrogens (tertiary/aromatic N) is 5. The summed E-state index contributed by atoms with van der Waals surface area (Å²) in [5.41, 5.74) is 0.666. The zero-order chi connectivity index (χ0) is 15.5. The highest BCUT2D eigenvalue weighted by molar-refractivity contribution is 5.98. The van der Waals surface area contributed by atoms with Crippen LogP contribution in [-0.4, -0.2) is 52.5 Å². The summed E-state index contributed by atoms with van der Waals surface area (Å²) in [7, 11) is 3.81. The lowest BCUT2D eigenvalue weighted by molar-refractivity contribution is 0.0679. The van der Waals surface area contributed by atoms with Crippen molar-refractivity contribution >= 4 is 11.7 Å². The minimum atomic E-state index is 0.0571. The molecule has 1 aliphatic rings. The summed E-state index contributed by atoms with van der Waals surface area (Å²) >= 11 is 0. The van der Waals surface area contributed by atoms with Crippen LogP contribution < -0.4 is 4.90 Å². The van der Waals surface area contributed by atoms with Crippen LogP contribution in [0.15, 0.2) is 37.1 Å². The van der Waals surface area contributed by atoms with Gasteiger partial charge in [0.05, 0.1) is 17.9 Å². The number of pyridine rings is 1. The van der Waals surface area contributed by atoms with Gasteiger partial charge in [0, 0.05) is 45.8 Å². The van der Waals surface area contributed by atoms with Gasteiger partial charge in [0.2, 0.25) is 0 Å². The Balaban J connectivity index is 1.80. The van der Waals surface area contributed by atoms with Crippen molar-refractivity contribution in [3.05, 3.63) is 42.6 Å². The van der Waals surface area contributed by atoms with Crippen molar-refractivity contribution in [2.75, 3.05) is 32.1 Å². The Bertz CT molecular complexity index is 638. The number of likely N-dealkylation sites (tertiary alicyclic amines) is 1. The quantitative estimate of drug-likeness (QED) is 0.867. The summed E-state index contributed by atoms with van der Waals surface area (Å²) in [4.78, 5) is 25.1. The molecule has 0 N–H and O–H groups in total. The highest BCUT2D eigenvalue weighted by Crippen LogP contribution is 2.24. The lowest BCUT2D eigenvalue weighted by Crippen LogP contribution is -2.41. The van der Waals surface area contributed by atoms with E-state index in [2.05, 4.69) is 14.5 Å². The SMILES string of the molecule is CN(C)c1ncccc1C(=O)N1CCCC(n2ccnc2)C1. The highest BCUT2D eigenvalue weighted by atomic mass is 16.2. The number of amides is 1. The van der Waals surface area contributed by atoms with Crippen LogP contribution in [0.1, 0.15) is 29.2 Å². The highest BCUT2D eigenvalue weighted by Gasteiger charge is 2.27. The van der Waals surface area contributed by atoms with Crippen molar-refractivity contribution in [1.82, 2.24) is 19.4 Å². The molecule has 1 saturated heterocycles. The van der Waals surface area contributed by atoms with Crippen LogP contribution in [0.4, 0.5) is 5.82 Å². The number of carbonyl (C=O) groups is 1. The van der Waals surface area contributed by atoms with Gasteiger partial charge < -0.3 is 14.4 Å². The number of aromatic nitrogens is 3. The summed E-state index contributed by atoms with van der Waals surface area (Å²) in [6.45, 7) is 1.52. The molecule has 0 radical (unpaired) electrons. The molecular formula is C16H21N5O. The minimum Gasteiger partial charge on any atom is -0.362 e. The molecule has 2 aromatic rings. The van der Waals surface area contributed by atoms with Crippen LogP contribution in [-0.2, 0) is 0 Å². The molecule has 1 aliphatic heterocycles.